The topological polar surface area (TPSA) is 171 Å². The van der Waals surface area contributed by atoms with Crippen LogP contribution in [0, 0.1) is 3.70 Å². The van der Waals surface area contributed by atoms with Gasteiger partial charge in [-0.1, -0.05) is 205 Å². The van der Waals surface area contributed by atoms with E-state index in [4.69, 9.17) is 66.9 Å². The summed E-state index contributed by atoms with van der Waals surface area (Å²) in [5.41, 5.74) is 9.56. The predicted octanol–water partition coefficient (Wildman–Crippen LogP) is 11.7. The fourth-order valence-corrected chi connectivity index (χ4v) is 12.7. The van der Waals surface area contributed by atoms with Gasteiger partial charge in [-0.2, -0.15) is 10.2 Å². The molecular weight excluding hydrogens is 1460 g/mol. The van der Waals surface area contributed by atoms with Crippen LogP contribution in [0.3, 0.4) is 0 Å². The average Bonchev–Trinajstić information content (AvgIpc) is 1.41. The van der Waals surface area contributed by atoms with Crippen LogP contribution in [0.1, 0.15) is 86.8 Å². The molecule has 14 nitrogen and oxygen atoms in total. The SMILES string of the molecule is CC1(C)OB(c2ccnc(Cl)c2)OC1(C)C.Clc1cc(-c2nn(C(c3ccccc3)(c3ccccc3)c3ccccc3)c3ccc(OC4CC4)cc23)ccn1.Ic1nn(C(c2ccccc2)(c2ccccc2)c2ccccc2)c2ccc(OC3CC3)cc12.O=[P+]([O-])O[O-].[K+].[K][K]. The van der Waals surface area contributed by atoms with Crippen molar-refractivity contribution in [2.24, 2.45) is 0 Å². The molecule has 1 aliphatic heterocycles. The predicted molar refractivity (Wildman–Crippen MR) is 382 cm³/mol. The molecule has 4 aromatic heterocycles. The van der Waals surface area contributed by atoms with E-state index in [1.54, 1.807) is 18.5 Å². The van der Waals surface area contributed by atoms with Gasteiger partial charge in [-0.25, -0.2) is 24.0 Å². The van der Waals surface area contributed by atoms with Gasteiger partial charge in [0.15, 0.2) is 0 Å². The Labute approximate surface area is 672 Å². The first-order valence-corrected chi connectivity index (χ1v) is 50.4. The molecule has 1 saturated heterocycles. The zero-order valence-corrected chi connectivity index (χ0v) is 68.3. The van der Waals surface area contributed by atoms with Crippen LogP contribution in [0.4, 0.5) is 0 Å². The van der Waals surface area contributed by atoms with Crippen molar-refractivity contribution >= 4 is 152 Å². The van der Waals surface area contributed by atoms with Crippen molar-refractivity contribution in [2.45, 2.75) is 87.9 Å². The third-order valence-electron chi connectivity index (χ3n) is 17.0. The second-order valence-corrected chi connectivity index (χ2v) is 26.1. The van der Waals surface area contributed by atoms with Crippen LogP contribution < -0.4 is 76.5 Å². The van der Waals surface area contributed by atoms with Crippen LogP contribution in [-0.4, -0.2) is 123 Å². The van der Waals surface area contributed by atoms with Crippen LogP contribution in [-0.2, 0) is 29.6 Å². The summed E-state index contributed by atoms with van der Waals surface area (Å²) in [6, 6.07) is 84.0. The Morgan fingerprint density at radius 2 is 0.875 bits per heavy atom. The van der Waals surface area contributed by atoms with E-state index >= 15 is 0 Å². The summed E-state index contributed by atoms with van der Waals surface area (Å²) in [6.07, 6.45) is 8.54. The number of hydrogen-bond acceptors (Lipinski definition) is 12. The van der Waals surface area contributed by atoms with Crippen molar-refractivity contribution in [3.63, 3.8) is 0 Å². The minimum absolute atomic E-state index is 0. The summed E-state index contributed by atoms with van der Waals surface area (Å²) >= 11 is 17.1. The van der Waals surface area contributed by atoms with Crippen molar-refractivity contribution in [3.05, 3.63) is 302 Å². The minimum atomic E-state index is -3.15. The molecule has 0 bridgehead atoms. The number of aromatic nitrogens is 6. The number of nitrogens with zero attached hydrogens (tertiary/aromatic N) is 6. The van der Waals surface area contributed by atoms with Crippen LogP contribution in [0.15, 0.2) is 255 Å². The Kier molecular flexibility index (Phi) is 27.2. The van der Waals surface area contributed by atoms with Gasteiger partial charge in [0.25, 0.3) is 0 Å². The first kappa shape index (κ1) is 75.4. The van der Waals surface area contributed by atoms with Gasteiger partial charge < -0.3 is 28.9 Å². The normalized spacial score (nSPS) is 14.6. The molecule has 1 atom stereocenters. The summed E-state index contributed by atoms with van der Waals surface area (Å²) in [4.78, 5) is 17.0. The molecule has 2 aliphatic carbocycles. The molecule has 3 fully saturated rings. The first-order chi connectivity index (χ1) is 46.1. The second kappa shape index (κ2) is 34.6. The van der Waals surface area contributed by atoms with E-state index in [9.17, 15) is 0 Å². The number of hydrogen-bond donors (Lipinski definition) is 0. The Morgan fingerprint density at radius 3 is 1.23 bits per heavy atom. The summed E-state index contributed by atoms with van der Waals surface area (Å²) in [5.74, 6) is 1.78. The second-order valence-electron chi connectivity index (χ2n) is 23.7. The monoisotopic (exact) mass is 1520 g/mol. The quantitative estimate of drug-likeness (QED) is 0.0181. The Morgan fingerprint density at radius 1 is 0.531 bits per heavy atom. The summed E-state index contributed by atoms with van der Waals surface area (Å²) in [6.45, 7) is 8.09. The Hall–Kier alpha value is -3.22. The fourth-order valence-electron chi connectivity index (χ4n) is 11.7. The number of pyridine rings is 2. The number of fused-ring (bicyclic) bond motifs is 2. The van der Waals surface area contributed by atoms with Crippen molar-refractivity contribution in [2.75, 3.05) is 0 Å². The number of ether oxygens (including phenoxy) is 2. The van der Waals surface area contributed by atoms with Crippen molar-refractivity contribution in [1.29, 1.82) is 0 Å². The molecule has 15 rings (SSSR count). The molecular formula is C74H64BCl2IK3N6O8P. The molecule has 0 N–H and O–H groups in total. The summed E-state index contributed by atoms with van der Waals surface area (Å²) < 4.78 is 40.8. The zero-order chi connectivity index (χ0) is 66.7. The molecule has 470 valence electrons. The third kappa shape index (κ3) is 17.3. The molecule has 0 spiro atoms. The first-order valence-electron chi connectivity index (χ1n) is 31.5. The van der Waals surface area contributed by atoms with Gasteiger partial charge in [0, 0.05) is 28.7 Å². The maximum atomic E-state index is 8.87. The molecule has 0 amide bonds. The van der Waals surface area contributed by atoms with E-state index in [1.165, 1.54) is 79.8 Å². The van der Waals surface area contributed by atoms with Crippen LogP contribution in [0.2, 0.25) is 10.3 Å². The number of halogens is 3. The molecule has 12 aromatic rings. The molecule has 5 heterocycles. The van der Waals surface area contributed by atoms with E-state index in [2.05, 4.69) is 265 Å². The van der Waals surface area contributed by atoms with Crippen molar-refractivity contribution < 1.29 is 89.6 Å². The van der Waals surface area contributed by atoms with E-state index in [0.717, 1.165) is 96.1 Å². The van der Waals surface area contributed by atoms with Gasteiger partial charge in [-0.15, -0.1) is 0 Å². The number of benzene rings is 8. The third-order valence-corrected chi connectivity index (χ3v) is 18.4. The molecule has 0 radical (unpaired) electrons. The van der Waals surface area contributed by atoms with E-state index in [1.807, 2.05) is 45.9 Å². The molecule has 8 aromatic carbocycles. The van der Waals surface area contributed by atoms with Crippen LogP contribution in [0.5, 0.6) is 11.5 Å². The van der Waals surface area contributed by atoms with Crippen LogP contribution >= 0.6 is 54.0 Å². The van der Waals surface area contributed by atoms with E-state index in [-0.39, 0.29) is 69.7 Å². The maximum absolute atomic E-state index is 8.87. The molecule has 2 saturated carbocycles. The van der Waals surface area contributed by atoms with Gasteiger partial charge >= 0.3 is 130 Å². The zero-order valence-electron chi connectivity index (χ0n) is 54.3. The molecule has 22 heteroatoms. The summed E-state index contributed by atoms with van der Waals surface area (Å²) in [7, 11) is -3.52. The van der Waals surface area contributed by atoms with Gasteiger partial charge in [-0.3, -0.25) is 0 Å². The van der Waals surface area contributed by atoms with Crippen LogP contribution in [0.25, 0.3) is 33.1 Å². The van der Waals surface area contributed by atoms with E-state index in [0.29, 0.717) is 22.5 Å². The number of rotatable bonds is 15. The van der Waals surface area contributed by atoms with Crippen molar-refractivity contribution in [1.82, 2.24) is 29.5 Å². The van der Waals surface area contributed by atoms with Gasteiger partial charge in [-0.05, 0) is 180 Å². The average molecular weight is 1520 g/mol. The molecule has 96 heavy (non-hydrogen) atoms. The van der Waals surface area contributed by atoms with Gasteiger partial charge in [0.2, 0.25) is 0 Å². The Balaban J connectivity index is 0.000000158. The molecule has 1 unspecified atom stereocenters. The molecule has 3 aliphatic rings. The Bertz CT molecular complexity index is 4330. The van der Waals surface area contributed by atoms with Gasteiger partial charge in [0.05, 0.1) is 34.4 Å². The van der Waals surface area contributed by atoms with Gasteiger partial charge in [0.1, 0.15) is 42.3 Å². The standard InChI is InChI=1S/C34H26ClN3O.C29H23IN2O.C11H15BClNO2.3K.HO4P/c35-32-22-24(20-21-36-32)33-30-23-29(39-28-16-17-28)18-19-31(30)38(37-33)34(25-10-4-1-5-11-25,26-12-6-2-7-13-26)27-14-8-3-9-15-27;30-28-26-20-25(33-24-16-17-24)18-19-27(26)32(31-28)29(21-10-4-1-5-11-21,22-12-6-2-7-13-22)23-14-8-3-9-15-23;1-10(2)11(3,4)16-12(15-10)8-5-6-14-9(13)7-8;;;;1-4-5(2)3/h1-15,18-23,28H,16-17H2;1-15,18-20,24H,16-17H2;5-7H,1-4H3;;;;1H/q;;;;;+1;/p-1. The van der Waals surface area contributed by atoms with Crippen molar-refractivity contribution in [3.8, 4) is 22.8 Å². The van der Waals surface area contributed by atoms with E-state index < -0.39 is 19.3 Å². The summed E-state index contributed by atoms with van der Waals surface area (Å²) in [5, 5.41) is 22.1. The fraction of sp³-hybridized carbons (Fsp3) is 0.189.